The van der Waals surface area contributed by atoms with Gasteiger partial charge in [0.1, 0.15) is 0 Å². The summed E-state index contributed by atoms with van der Waals surface area (Å²) in [6.07, 6.45) is 1.89. The first kappa shape index (κ1) is 17.2. The molecular formula is C17H27N3OS. The first-order valence-electron chi connectivity index (χ1n) is 8.06. The highest BCUT2D eigenvalue weighted by Gasteiger charge is 2.15. The number of aliphatic imine (C=N–C) groups is 1. The van der Waals surface area contributed by atoms with Crippen LogP contribution in [-0.4, -0.2) is 41.7 Å². The lowest BCUT2D eigenvalue weighted by Gasteiger charge is -2.24. The first-order chi connectivity index (χ1) is 10.7. The molecule has 4 nitrogen and oxygen atoms in total. The number of thioether (sulfide) groups is 1. The van der Waals surface area contributed by atoms with Gasteiger partial charge in [-0.1, -0.05) is 29.8 Å². The van der Waals surface area contributed by atoms with Gasteiger partial charge in [0, 0.05) is 18.3 Å². The summed E-state index contributed by atoms with van der Waals surface area (Å²) in [7, 11) is 0. The third-order valence-corrected chi connectivity index (χ3v) is 4.95. The highest BCUT2D eigenvalue weighted by atomic mass is 32.2. The summed E-state index contributed by atoms with van der Waals surface area (Å²) >= 11 is 1.99. The zero-order valence-electron chi connectivity index (χ0n) is 13.5. The normalized spacial score (nSPS) is 20.5. The molecule has 0 radical (unpaired) electrons. The van der Waals surface area contributed by atoms with Gasteiger partial charge in [-0.05, 0) is 38.0 Å². The second-order valence-corrected chi connectivity index (χ2v) is 6.85. The molecule has 1 saturated heterocycles. The summed E-state index contributed by atoms with van der Waals surface area (Å²) in [5.41, 5.74) is 2.11. The Hall–Kier alpha value is -1.20. The van der Waals surface area contributed by atoms with Gasteiger partial charge in [0.2, 0.25) is 0 Å². The maximum Gasteiger partial charge on any atom is 0.191 e. The number of rotatable bonds is 5. The standard InChI is InChI=1S/C17H27N3OS/c1-3-18-17(20-15-5-4-10-22-12-15)19-11-16(21)14-8-6-13(2)7-9-14/h6-9,15-16,21H,3-5,10-12H2,1-2H3,(H2,18,19,20). The second kappa shape index (κ2) is 9.06. The van der Waals surface area contributed by atoms with Crippen molar-refractivity contribution in [1.82, 2.24) is 10.6 Å². The fraction of sp³-hybridized carbons (Fsp3) is 0.588. The summed E-state index contributed by atoms with van der Waals surface area (Å²) < 4.78 is 0. The van der Waals surface area contributed by atoms with E-state index >= 15 is 0 Å². The Morgan fingerprint density at radius 2 is 2.18 bits per heavy atom. The molecule has 3 N–H and O–H groups in total. The first-order valence-corrected chi connectivity index (χ1v) is 9.21. The minimum Gasteiger partial charge on any atom is -0.386 e. The van der Waals surface area contributed by atoms with Gasteiger partial charge in [0.15, 0.2) is 5.96 Å². The van der Waals surface area contributed by atoms with E-state index in [2.05, 4.69) is 22.5 Å². The summed E-state index contributed by atoms with van der Waals surface area (Å²) in [6, 6.07) is 8.45. The predicted molar refractivity (Wildman–Crippen MR) is 95.6 cm³/mol. The Labute approximate surface area is 137 Å². The zero-order valence-corrected chi connectivity index (χ0v) is 14.3. The van der Waals surface area contributed by atoms with E-state index in [1.807, 2.05) is 43.0 Å². The summed E-state index contributed by atoms with van der Waals surface area (Å²) in [4.78, 5) is 4.54. The van der Waals surface area contributed by atoms with E-state index in [0.29, 0.717) is 12.6 Å². The molecule has 0 bridgehead atoms. The molecule has 1 aromatic carbocycles. The highest BCUT2D eigenvalue weighted by Crippen LogP contribution is 2.17. The molecule has 1 aromatic rings. The molecule has 1 heterocycles. The topological polar surface area (TPSA) is 56.7 Å². The molecule has 1 aliphatic rings. The molecule has 2 atom stereocenters. The van der Waals surface area contributed by atoms with Crippen LogP contribution < -0.4 is 10.6 Å². The maximum atomic E-state index is 10.3. The summed E-state index contributed by atoms with van der Waals surface area (Å²) in [5.74, 6) is 3.20. The van der Waals surface area contributed by atoms with Gasteiger partial charge in [-0.25, -0.2) is 0 Å². The van der Waals surface area contributed by atoms with Crippen LogP contribution in [0, 0.1) is 6.92 Å². The molecular weight excluding hydrogens is 294 g/mol. The van der Waals surface area contributed by atoms with Gasteiger partial charge < -0.3 is 15.7 Å². The molecule has 22 heavy (non-hydrogen) atoms. The van der Waals surface area contributed by atoms with Crippen molar-refractivity contribution in [2.45, 2.75) is 38.8 Å². The Morgan fingerprint density at radius 3 is 2.82 bits per heavy atom. The number of aryl methyl sites for hydroxylation is 1. The van der Waals surface area contributed by atoms with Gasteiger partial charge in [-0.2, -0.15) is 11.8 Å². The van der Waals surface area contributed by atoms with Crippen molar-refractivity contribution in [2.24, 2.45) is 4.99 Å². The van der Waals surface area contributed by atoms with Crippen LogP contribution in [0.4, 0.5) is 0 Å². The van der Waals surface area contributed by atoms with E-state index < -0.39 is 6.10 Å². The lowest BCUT2D eigenvalue weighted by Crippen LogP contribution is -2.45. The minimum absolute atomic E-state index is 0.373. The van der Waals surface area contributed by atoms with Crippen molar-refractivity contribution in [3.05, 3.63) is 35.4 Å². The molecule has 5 heteroatoms. The Kier molecular flexibility index (Phi) is 7.06. The second-order valence-electron chi connectivity index (χ2n) is 5.70. The average Bonchev–Trinajstić information content (AvgIpc) is 2.54. The van der Waals surface area contributed by atoms with Gasteiger partial charge in [0.25, 0.3) is 0 Å². The zero-order chi connectivity index (χ0) is 15.8. The van der Waals surface area contributed by atoms with Crippen molar-refractivity contribution < 1.29 is 5.11 Å². The molecule has 0 saturated carbocycles. The Bertz CT molecular complexity index is 469. The van der Waals surface area contributed by atoms with Crippen LogP contribution in [0.5, 0.6) is 0 Å². The van der Waals surface area contributed by atoms with Crippen LogP contribution in [0.3, 0.4) is 0 Å². The van der Waals surface area contributed by atoms with E-state index in [-0.39, 0.29) is 0 Å². The van der Waals surface area contributed by atoms with Crippen molar-refractivity contribution >= 4 is 17.7 Å². The van der Waals surface area contributed by atoms with Crippen molar-refractivity contribution in [2.75, 3.05) is 24.6 Å². The van der Waals surface area contributed by atoms with Crippen LogP contribution in [0.2, 0.25) is 0 Å². The largest absolute Gasteiger partial charge is 0.386 e. The number of aliphatic hydroxyl groups excluding tert-OH is 1. The van der Waals surface area contributed by atoms with Crippen molar-refractivity contribution in [3.63, 3.8) is 0 Å². The van der Waals surface area contributed by atoms with Crippen molar-refractivity contribution in [3.8, 4) is 0 Å². The minimum atomic E-state index is -0.559. The van der Waals surface area contributed by atoms with Gasteiger partial charge in [-0.3, -0.25) is 4.99 Å². The molecule has 2 rings (SSSR count). The van der Waals surface area contributed by atoms with Crippen molar-refractivity contribution in [1.29, 1.82) is 0 Å². The van der Waals surface area contributed by atoms with Crippen LogP contribution in [0.25, 0.3) is 0 Å². The molecule has 0 spiro atoms. The van der Waals surface area contributed by atoms with Crippen LogP contribution >= 0.6 is 11.8 Å². The number of nitrogens with zero attached hydrogens (tertiary/aromatic N) is 1. The van der Waals surface area contributed by atoms with E-state index in [0.717, 1.165) is 23.8 Å². The maximum absolute atomic E-state index is 10.3. The fourth-order valence-corrected chi connectivity index (χ4v) is 3.51. The van der Waals surface area contributed by atoms with Gasteiger partial charge >= 0.3 is 0 Å². The monoisotopic (exact) mass is 321 g/mol. The van der Waals surface area contributed by atoms with E-state index in [1.165, 1.54) is 24.2 Å². The molecule has 1 aliphatic heterocycles. The Balaban J connectivity index is 1.91. The Morgan fingerprint density at radius 1 is 1.41 bits per heavy atom. The number of nitrogens with one attached hydrogen (secondary N) is 2. The smallest absolute Gasteiger partial charge is 0.191 e. The number of aliphatic hydroxyl groups is 1. The van der Waals surface area contributed by atoms with Gasteiger partial charge in [-0.15, -0.1) is 0 Å². The lowest BCUT2D eigenvalue weighted by atomic mass is 10.1. The van der Waals surface area contributed by atoms with Crippen LogP contribution in [0.1, 0.15) is 37.0 Å². The quantitative estimate of drug-likeness (QED) is 0.576. The SMILES string of the molecule is CCNC(=NCC(O)c1ccc(C)cc1)NC1CCCSC1. The molecule has 122 valence electrons. The molecule has 0 amide bonds. The molecule has 0 aliphatic carbocycles. The van der Waals surface area contributed by atoms with E-state index in [4.69, 9.17) is 0 Å². The van der Waals surface area contributed by atoms with Crippen LogP contribution in [0.15, 0.2) is 29.3 Å². The lowest BCUT2D eigenvalue weighted by molar-refractivity contribution is 0.187. The summed E-state index contributed by atoms with van der Waals surface area (Å²) in [6.45, 7) is 5.30. The molecule has 0 aromatic heterocycles. The molecule has 1 fully saturated rings. The van der Waals surface area contributed by atoms with Crippen LogP contribution in [-0.2, 0) is 0 Å². The summed E-state index contributed by atoms with van der Waals surface area (Å²) in [5, 5.41) is 17.0. The van der Waals surface area contributed by atoms with E-state index in [9.17, 15) is 5.11 Å². The highest BCUT2D eigenvalue weighted by molar-refractivity contribution is 7.99. The number of benzene rings is 1. The fourth-order valence-electron chi connectivity index (χ4n) is 2.44. The third-order valence-electron chi connectivity index (χ3n) is 3.73. The predicted octanol–water partition coefficient (Wildman–Crippen LogP) is 2.48. The van der Waals surface area contributed by atoms with Gasteiger partial charge in [0.05, 0.1) is 12.6 Å². The van der Waals surface area contributed by atoms with E-state index in [1.54, 1.807) is 0 Å². The third kappa shape index (κ3) is 5.54. The number of guanidine groups is 1. The average molecular weight is 321 g/mol. The number of hydrogen-bond acceptors (Lipinski definition) is 3. The molecule has 2 unspecified atom stereocenters. The number of hydrogen-bond donors (Lipinski definition) is 3.